The summed E-state index contributed by atoms with van der Waals surface area (Å²) in [6, 6.07) is 0. The molecular weight excluding hydrogens is 188 g/mol. The van der Waals surface area contributed by atoms with Gasteiger partial charge in [-0.1, -0.05) is 19.3 Å². The monoisotopic (exact) mass is 204 g/mol. The van der Waals surface area contributed by atoms with E-state index in [1.165, 1.54) is 32.1 Å². The van der Waals surface area contributed by atoms with E-state index >= 15 is 0 Å². The van der Waals surface area contributed by atoms with Crippen molar-refractivity contribution in [2.24, 2.45) is 5.92 Å². The molecule has 1 atom stereocenters. The van der Waals surface area contributed by atoms with Crippen molar-refractivity contribution in [3.05, 3.63) is 0 Å². The largest absolute Gasteiger partial charge is 0.481 e. The third-order valence-electron chi connectivity index (χ3n) is 2.80. The summed E-state index contributed by atoms with van der Waals surface area (Å²) in [6.07, 6.45) is 7.06. The molecule has 1 fully saturated rings. The van der Waals surface area contributed by atoms with Crippen molar-refractivity contribution in [3.63, 3.8) is 0 Å². The van der Waals surface area contributed by atoms with Crippen molar-refractivity contribution < 1.29 is 9.90 Å². The fourth-order valence-corrected chi connectivity index (χ4v) is 2.35. The first-order chi connectivity index (χ1) is 6.20. The van der Waals surface area contributed by atoms with Crippen LogP contribution < -0.4 is 0 Å². The van der Waals surface area contributed by atoms with Gasteiger partial charge in [0.15, 0.2) is 0 Å². The number of carbonyl (C=O) groups is 1. The van der Waals surface area contributed by atoms with Gasteiger partial charge in [-0.05, 0) is 25.2 Å². The van der Waals surface area contributed by atoms with Gasteiger partial charge in [0.25, 0.3) is 0 Å². The molecule has 1 aliphatic rings. The lowest BCUT2D eigenvalue weighted by atomic mass is 9.85. The van der Waals surface area contributed by atoms with E-state index in [1.54, 1.807) is 0 Å². The van der Waals surface area contributed by atoms with Crippen molar-refractivity contribution in [2.75, 3.05) is 0 Å². The molecule has 1 rings (SSSR count). The molecule has 1 aliphatic carbocycles. The van der Waals surface area contributed by atoms with Crippen LogP contribution in [0.5, 0.6) is 0 Å². The van der Waals surface area contributed by atoms with Crippen LogP contribution in [0.3, 0.4) is 0 Å². The van der Waals surface area contributed by atoms with Gasteiger partial charge in [-0.3, -0.25) is 4.79 Å². The third kappa shape index (κ3) is 3.99. The minimum absolute atomic E-state index is 0.0800. The number of alkyl halides is 1. The van der Waals surface area contributed by atoms with Gasteiger partial charge in [0.2, 0.25) is 0 Å². The van der Waals surface area contributed by atoms with Gasteiger partial charge in [0.1, 0.15) is 0 Å². The number of rotatable bonds is 4. The van der Waals surface area contributed by atoms with Crippen LogP contribution in [0, 0.1) is 5.92 Å². The predicted molar refractivity (Wildman–Crippen MR) is 53.1 cm³/mol. The Morgan fingerprint density at radius 2 is 2.00 bits per heavy atom. The molecule has 0 heterocycles. The first-order valence-corrected chi connectivity index (χ1v) is 5.49. The summed E-state index contributed by atoms with van der Waals surface area (Å²) in [5, 5.41) is 8.58. The van der Waals surface area contributed by atoms with Crippen molar-refractivity contribution in [2.45, 2.75) is 50.3 Å². The zero-order valence-corrected chi connectivity index (χ0v) is 8.59. The summed E-state index contributed by atoms with van der Waals surface area (Å²) >= 11 is 6.14. The molecule has 1 N–H and O–H groups in total. The Labute approximate surface area is 84.3 Å². The Morgan fingerprint density at radius 1 is 1.38 bits per heavy atom. The summed E-state index contributed by atoms with van der Waals surface area (Å²) < 4.78 is 0. The van der Waals surface area contributed by atoms with Crippen LogP contribution >= 0.6 is 11.6 Å². The van der Waals surface area contributed by atoms with Crippen LogP contribution in [0.25, 0.3) is 0 Å². The molecule has 0 amide bonds. The number of hydrogen-bond acceptors (Lipinski definition) is 1. The maximum Gasteiger partial charge on any atom is 0.303 e. The summed E-state index contributed by atoms with van der Waals surface area (Å²) in [5.74, 6) is -0.170. The van der Waals surface area contributed by atoms with Crippen LogP contribution in [0.4, 0.5) is 0 Å². The standard InChI is InChI=1S/C10H17ClO2/c11-9(6-7-10(12)13)8-4-2-1-3-5-8/h8-9H,1-7H2,(H,12,13). The smallest absolute Gasteiger partial charge is 0.303 e. The second-order valence-electron chi connectivity index (χ2n) is 3.85. The van der Waals surface area contributed by atoms with Gasteiger partial charge in [-0.25, -0.2) is 0 Å². The molecule has 0 aromatic carbocycles. The van der Waals surface area contributed by atoms with E-state index < -0.39 is 5.97 Å². The molecule has 1 saturated carbocycles. The maximum absolute atomic E-state index is 10.3. The highest BCUT2D eigenvalue weighted by atomic mass is 35.5. The molecule has 1 unspecified atom stereocenters. The van der Waals surface area contributed by atoms with E-state index in [1.807, 2.05) is 0 Å². The minimum Gasteiger partial charge on any atom is -0.481 e. The summed E-state index contributed by atoms with van der Waals surface area (Å²) in [7, 11) is 0. The lowest BCUT2D eigenvalue weighted by Crippen LogP contribution is -2.19. The number of carboxylic acid groups (broad SMARTS) is 1. The first-order valence-electron chi connectivity index (χ1n) is 5.06. The molecule has 0 aromatic rings. The Kier molecular flexibility index (Phi) is 4.57. The van der Waals surface area contributed by atoms with E-state index in [0.29, 0.717) is 12.3 Å². The van der Waals surface area contributed by atoms with Gasteiger partial charge >= 0.3 is 5.97 Å². The fraction of sp³-hybridized carbons (Fsp3) is 0.900. The quantitative estimate of drug-likeness (QED) is 0.715. The second-order valence-corrected chi connectivity index (χ2v) is 4.41. The summed E-state index contributed by atoms with van der Waals surface area (Å²) in [5.41, 5.74) is 0. The third-order valence-corrected chi connectivity index (χ3v) is 3.37. The Hall–Kier alpha value is -0.240. The zero-order valence-electron chi connectivity index (χ0n) is 7.84. The summed E-state index contributed by atoms with van der Waals surface area (Å²) in [6.45, 7) is 0. The molecule has 0 aliphatic heterocycles. The molecule has 0 radical (unpaired) electrons. The average Bonchev–Trinajstić information content (AvgIpc) is 2.15. The Morgan fingerprint density at radius 3 is 2.54 bits per heavy atom. The van der Waals surface area contributed by atoms with E-state index in [0.717, 1.165) is 0 Å². The number of aliphatic carboxylic acids is 1. The number of carboxylic acids is 1. The highest BCUT2D eigenvalue weighted by Gasteiger charge is 2.21. The average molecular weight is 205 g/mol. The number of hydrogen-bond donors (Lipinski definition) is 1. The topological polar surface area (TPSA) is 37.3 Å². The van der Waals surface area contributed by atoms with Gasteiger partial charge in [0.05, 0.1) is 0 Å². The summed E-state index contributed by atoms with van der Waals surface area (Å²) in [4.78, 5) is 10.3. The van der Waals surface area contributed by atoms with E-state index in [4.69, 9.17) is 16.7 Å². The molecule has 3 heteroatoms. The first kappa shape index (κ1) is 10.8. The van der Waals surface area contributed by atoms with Crippen LogP contribution in [0.1, 0.15) is 44.9 Å². The SMILES string of the molecule is O=C(O)CCC(Cl)C1CCCCC1. The molecule has 76 valence electrons. The van der Waals surface area contributed by atoms with E-state index in [2.05, 4.69) is 0 Å². The van der Waals surface area contributed by atoms with Crippen molar-refractivity contribution in [1.29, 1.82) is 0 Å². The van der Waals surface area contributed by atoms with Crippen LogP contribution in [0.15, 0.2) is 0 Å². The van der Waals surface area contributed by atoms with Crippen LogP contribution in [-0.2, 0) is 4.79 Å². The second kappa shape index (κ2) is 5.48. The van der Waals surface area contributed by atoms with Gasteiger partial charge in [-0.2, -0.15) is 0 Å². The lowest BCUT2D eigenvalue weighted by molar-refractivity contribution is -0.137. The van der Waals surface area contributed by atoms with Crippen LogP contribution in [-0.4, -0.2) is 16.5 Å². The van der Waals surface area contributed by atoms with E-state index in [-0.39, 0.29) is 11.8 Å². The molecule has 0 bridgehead atoms. The normalized spacial score (nSPS) is 21.3. The number of halogens is 1. The Bertz CT molecular complexity index is 164. The molecule has 13 heavy (non-hydrogen) atoms. The van der Waals surface area contributed by atoms with Gasteiger partial charge in [-0.15, -0.1) is 11.6 Å². The zero-order chi connectivity index (χ0) is 9.68. The predicted octanol–water partition coefficient (Wildman–Crippen LogP) is 3.04. The van der Waals surface area contributed by atoms with Gasteiger partial charge < -0.3 is 5.11 Å². The Balaban J connectivity index is 2.20. The van der Waals surface area contributed by atoms with Crippen molar-refractivity contribution in [3.8, 4) is 0 Å². The van der Waals surface area contributed by atoms with Crippen LogP contribution in [0.2, 0.25) is 0 Å². The molecule has 2 nitrogen and oxygen atoms in total. The molecule has 0 aromatic heterocycles. The highest BCUT2D eigenvalue weighted by Crippen LogP contribution is 2.31. The highest BCUT2D eigenvalue weighted by molar-refractivity contribution is 6.20. The lowest BCUT2D eigenvalue weighted by Gasteiger charge is -2.25. The maximum atomic E-state index is 10.3. The van der Waals surface area contributed by atoms with Gasteiger partial charge in [0, 0.05) is 11.8 Å². The molecular formula is C10H17ClO2. The van der Waals surface area contributed by atoms with Crippen molar-refractivity contribution >= 4 is 17.6 Å². The van der Waals surface area contributed by atoms with Crippen molar-refractivity contribution in [1.82, 2.24) is 0 Å². The van der Waals surface area contributed by atoms with E-state index in [9.17, 15) is 4.79 Å². The molecule has 0 spiro atoms. The minimum atomic E-state index is -0.735. The fourth-order valence-electron chi connectivity index (χ4n) is 1.99. The molecule has 0 saturated heterocycles.